The molecular formula is C30H20F7N3O6S. The smallest absolute Gasteiger partial charge is 0.490 e. The Labute approximate surface area is 264 Å². The minimum atomic E-state index is -5.08. The highest BCUT2D eigenvalue weighted by Crippen LogP contribution is 2.38. The molecule has 0 saturated carbocycles. The third-order valence-corrected chi connectivity index (χ3v) is 6.95. The number of benzene rings is 3. The van der Waals surface area contributed by atoms with Crippen LogP contribution in [0.4, 0.5) is 36.4 Å². The van der Waals surface area contributed by atoms with Crippen molar-refractivity contribution in [3.05, 3.63) is 89.3 Å². The highest BCUT2D eigenvalue weighted by Gasteiger charge is 2.38. The maximum absolute atomic E-state index is 15.0. The van der Waals surface area contributed by atoms with Gasteiger partial charge in [-0.15, -0.1) is 11.3 Å². The van der Waals surface area contributed by atoms with Crippen LogP contribution in [-0.2, 0) is 11.0 Å². The first-order chi connectivity index (χ1) is 22.1. The number of methoxy groups -OCH3 is 2. The van der Waals surface area contributed by atoms with Gasteiger partial charge in [0.2, 0.25) is 0 Å². The standard InChI is InChI=1S/C28H19F4N3O4S.C2HF3O2/c1-37-24-12-18-20(13-25(24)38-2)33-10-9-22(18)39-23-8-7-17(11-19(23)29)34-26(36)21-14-40-27(35-21)15-3-5-16(6-4-15)28(30,31)32;3-2(4,5)1(6)7/h3-14H,1-2H3,(H,34,36);(H,6,7). The van der Waals surface area contributed by atoms with E-state index in [0.29, 0.717) is 38.7 Å². The molecule has 246 valence electrons. The monoisotopic (exact) mass is 683 g/mol. The number of pyridine rings is 1. The number of hydrogen-bond donors (Lipinski definition) is 2. The van der Waals surface area contributed by atoms with Crippen LogP contribution in [0.15, 0.2) is 72.2 Å². The summed E-state index contributed by atoms with van der Waals surface area (Å²) in [7, 11) is 3.00. The molecule has 5 rings (SSSR count). The van der Waals surface area contributed by atoms with Gasteiger partial charge in [-0.2, -0.15) is 26.3 Å². The molecule has 0 saturated heterocycles. The van der Waals surface area contributed by atoms with Crippen molar-refractivity contribution >= 4 is 39.8 Å². The second-order valence-electron chi connectivity index (χ2n) is 9.15. The van der Waals surface area contributed by atoms with Gasteiger partial charge in [0.15, 0.2) is 23.1 Å². The molecule has 0 atom stereocenters. The largest absolute Gasteiger partial charge is 0.493 e. The van der Waals surface area contributed by atoms with E-state index in [1.165, 1.54) is 50.1 Å². The maximum Gasteiger partial charge on any atom is 0.490 e. The highest BCUT2D eigenvalue weighted by molar-refractivity contribution is 7.13. The number of carboxylic acid groups (broad SMARTS) is 1. The quantitative estimate of drug-likeness (QED) is 0.165. The van der Waals surface area contributed by atoms with Crippen molar-refractivity contribution in [1.82, 2.24) is 9.97 Å². The zero-order valence-corrected chi connectivity index (χ0v) is 24.7. The number of carboxylic acids is 1. The van der Waals surface area contributed by atoms with Gasteiger partial charge in [0.05, 0.1) is 25.3 Å². The molecule has 5 aromatic rings. The Balaban J connectivity index is 0.000000644. The number of fused-ring (bicyclic) bond motifs is 1. The molecule has 0 aliphatic heterocycles. The topological polar surface area (TPSA) is 120 Å². The summed E-state index contributed by atoms with van der Waals surface area (Å²) in [6.07, 6.45) is -8.01. The predicted molar refractivity (Wildman–Crippen MR) is 156 cm³/mol. The minimum Gasteiger partial charge on any atom is -0.493 e. The first-order valence-corrected chi connectivity index (χ1v) is 13.7. The van der Waals surface area contributed by atoms with Crippen molar-refractivity contribution in [3.8, 4) is 33.6 Å². The molecule has 0 bridgehead atoms. The number of aromatic nitrogens is 2. The average Bonchev–Trinajstić information content (AvgIpc) is 3.52. The number of amides is 1. The second kappa shape index (κ2) is 13.9. The van der Waals surface area contributed by atoms with Crippen LogP contribution in [0.5, 0.6) is 23.0 Å². The van der Waals surface area contributed by atoms with E-state index in [9.17, 15) is 35.5 Å². The van der Waals surface area contributed by atoms with E-state index in [-0.39, 0.29) is 17.1 Å². The van der Waals surface area contributed by atoms with Gasteiger partial charge < -0.3 is 24.6 Å². The number of anilines is 1. The number of hydrogen-bond acceptors (Lipinski definition) is 8. The van der Waals surface area contributed by atoms with Crippen LogP contribution in [0, 0.1) is 5.82 Å². The highest BCUT2D eigenvalue weighted by atomic mass is 32.1. The van der Waals surface area contributed by atoms with Crippen LogP contribution in [0.1, 0.15) is 16.1 Å². The zero-order valence-electron chi connectivity index (χ0n) is 23.9. The summed E-state index contributed by atoms with van der Waals surface area (Å²) in [6.45, 7) is 0. The fourth-order valence-electron chi connectivity index (χ4n) is 3.82. The predicted octanol–water partition coefficient (Wildman–Crippen LogP) is 8.21. The number of carbonyl (C=O) groups is 2. The number of alkyl halides is 6. The lowest BCUT2D eigenvalue weighted by atomic mass is 10.1. The van der Waals surface area contributed by atoms with Crippen LogP contribution in [0.2, 0.25) is 0 Å². The molecule has 3 aromatic carbocycles. The van der Waals surface area contributed by atoms with E-state index in [1.807, 2.05) is 0 Å². The van der Waals surface area contributed by atoms with E-state index in [2.05, 4.69) is 15.3 Å². The lowest BCUT2D eigenvalue weighted by molar-refractivity contribution is -0.192. The molecular weight excluding hydrogens is 663 g/mol. The van der Waals surface area contributed by atoms with Crippen LogP contribution < -0.4 is 19.5 Å². The number of thiazole rings is 1. The first kappa shape index (κ1) is 34.4. The van der Waals surface area contributed by atoms with Crippen LogP contribution >= 0.6 is 11.3 Å². The molecule has 0 aliphatic carbocycles. The van der Waals surface area contributed by atoms with Gasteiger partial charge in [0.25, 0.3) is 5.91 Å². The number of ether oxygens (including phenoxy) is 3. The SMILES string of the molecule is COc1cc2nccc(Oc3ccc(NC(=O)c4csc(-c5ccc(C(F)(F)F)cc5)n4)cc3F)c2cc1OC.O=C(O)C(F)(F)F. The van der Waals surface area contributed by atoms with E-state index < -0.39 is 35.6 Å². The van der Waals surface area contributed by atoms with Crippen molar-refractivity contribution in [3.63, 3.8) is 0 Å². The molecule has 2 aromatic heterocycles. The van der Waals surface area contributed by atoms with Crippen molar-refractivity contribution in [2.45, 2.75) is 12.4 Å². The normalized spacial score (nSPS) is 11.3. The molecule has 0 aliphatic rings. The fraction of sp³-hybridized carbons (Fsp3) is 0.133. The van der Waals surface area contributed by atoms with Crippen molar-refractivity contribution < 1.29 is 59.6 Å². The average molecular weight is 684 g/mol. The second-order valence-corrected chi connectivity index (χ2v) is 10.0. The van der Waals surface area contributed by atoms with Crippen LogP contribution in [0.25, 0.3) is 21.5 Å². The number of carbonyl (C=O) groups excluding carboxylic acids is 1. The molecule has 17 heteroatoms. The Morgan fingerprint density at radius 3 is 2.06 bits per heavy atom. The third kappa shape index (κ3) is 8.43. The number of halogens is 7. The summed E-state index contributed by atoms with van der Waals surface area (Å²) in [6, 6.07) is 13.3. The van der Waals surface area contributed by atoms with E-state index in [4.69, 9.17) is 24.1 Å². The molecule has 0 radical (unpaired) electrons. The molecule has 2 heterocycles. The Morgan fingerprint density at radius 1 is 0.851 bits per heavy atom. The molecule has 9 nitrogen and oxygen atoms in total. The molecule has 0 fully saturated rings. The van der Waals surface area contributed by atoms with Crippen molar-refractivity contribution in [2.75, 3.05) is 19.5 Å². The van der Waals surface area contributed by atoms with Gasteiger partial charge in [-0.3, -0.25) is 9.78 Å². The van der Waals surface area contributed by atoms with Crippen molar-refractivity contribution in [2.24, 2.45) is 0 Å². The first-order valence-electron chi connectivity index (χ1n) is 12.8. The van der Waals surface area contributed by atoms with E-state index in [0.717, 1.165) is 29.5 Å². The van der Waals surface area contributed by atoms with E-state index >= 15 is 0 Å². The number of nitrogens with one attached hydrogen (secondary N) is 1. The van der Waals surface area contributed by atoms with Crippen LogP contribution in [-0.4, -0.2) is 47.3 Å². The zero-order chi connectivity index (χ0) is 34.5. The summed E-state index contributed by atoms with van der Waals surface area (Å²) < 4.78 is 102. The van der Waals surface area contributed by atoms with Gasteiger partial charge in [0.1, 0.15) is 16.5 Å². The number of rotatable bonds is 7. The summed E-state index contributed by atoms with van der Waals surface area (Å²) in [5, 5.41) is 12.1. The Hall–Kier alpha value is -5.45. The Kier molecular flexibility index (Phi) is 10.2. The molecule has 2 N–H and O–H groups in total. The molecule has 1 amide bonds. The summed E-state index contributed by atoms with van der Waals surface area (Å²) in [4.78, 5) is 30.1. The lowest BCUT2D eigenvalue weighted by Crippen LogP contribution is -2.21. The van der Waals surface area contributed by atoms with Gasteiger partial charge in [-0.1, -0.05) is 12.1 Å². The minimum absolute atomic E-state index is 0.0354. The lowest BCUT2D eigenvalue weighted by Gasteiger charge is -2.13. The molecule has 47 heavy (non-hydrogen) atoms. The van der Waals surface area contributed by atoms with Crippen LogP contribution in [0.3, 0.4) is 0 Å². The Bertz CT molecular complexity index is 1910. The van der Waals surface area contributed by atoms with Crippen molar-refractivity contribution in [1.29, 1.82) is 0 Å². The molecule has 0 unspecified atom stereocenters. The fourth-order valence-corrected chi connectivity index (χ4v) is 4.63. The van der Waals surface area contributed by atoms with E-state index in [1.54, 1.807) is 18.2 Å². The number of nitrogens with zero attached hydrogens (tertiary/aromatic N) is 2. The number of aliphatic carboxylic acids is 1. The van der Waals surface area contributed by atoms with Gasteiger partial charge in [-0.05, 0) is 36.4 Å². The molecule has 0 spiro atoms. The maximum atomic E-state index is 15.0. The third-order valence-electron chi connectivity index (χ3n) is 6.06. The summed E-state index contributed by atoms with van der Waals surface area (Å²) >= 11 is 1.10. The van der Waals surface area contributed by atoms with Gasteiger partial charge >= 0.3 is 18.3 Å². The van der Waals surface area contributed by atoms with Gasteiger partial charge in [0, 0.05) is 40.3 Å². The summed E-state index contributed by atoms with van der Waals surface area (Å²) in [5.74, 6) is -2.91. The summed E-state index contributed by atoms with van der Waals surface area (Å²) in [5.41, 5.74) is 0.401. The Morgan fingerprint density at radius 2 is 1.49 bits per heavy atom. The van der Waals surface area contributed by atoms with Gasteiger partial charge in [-0.25, -0.2) is 14.2 Å².